The Kier molecular flexibility index (Phi) is 4.75. The SMILES string of the molecule is O=S(=O)(Nc1ccsc1-c1cccnc1)c1ccc(-c2ccccc2)cc1. The first-order valence-electron chi connectivity index (χ1n) is 8.30. The summed E-state index contributed by atoms with van der Waals surface area (Å²) in [6.45, 7) is 0. The van der Waals surface area contributed by atoms with Gasteiger partial charge in [0.05, 0.1) is 15.5 Å². The van der Waals surface area contributed by atoms with Crippen LogP contribution in [0.4, 0.5) is 5.69 Å². The molecule has 27 heavy (non-hydrogen) atoms. The lowest BCUT2D eigenvalue weighted by atomic mass is 10.1. The van der Waals surface area contributed by atoms with E-state index in [4.69, 9.17) is 0 Å². The van der Waals surface area contributed by atoms with Gasteiger partial charge in [-0.3, -0.25) is 9.71 Å². The van der Waals surface area contributed by atoms with E-state index in [-0.39, 0.29) is 4.90 Å². The van der Waals surface area contributed by atoms with E-state index in [1.54, 1.807) is 30.6 Å². The highest BCUT2D eigenvalue weighted by Gasteiger charge is 2.17. The Labute approximate surface area is 162 Å². The fraction of sp³-hybridized carbons (Fsp3) is 0. The Morgan fingerprint density at radius 1 is 0.778 bits per heavy atom. The third kappa shape index (κ3) is 3.77. The molecular formula is C21H16N2O2S2. The number of anilines is 1. The number of hydrogen-bond donors (Lipinski definition) is 1. The van der Waals surface area contributed by atoms with Crippen LogP contribution in [0.1, 0.15) is 0 Å². The van der Waals surface area contributed by atoms with E-state index in [0.717, 1.165) is 21.6 Å². The molecule has 4 rings (SSSR count). The first-order chi connectivity index (χ1) is 13.1. The fourth-order valence-electron chi connectivity index (χ4n) is 2.77. The van der Waals surface area contributed by atoms with Crippen LogP contribution in [0.2, 0.25) is 0 Å². The number of nitrogens with zero attached hydrogens (tertiary/aromatic N) is 1. The van der Waals surface area contributed by atoms with Crippen LogP contribution in [0.5, 0.6) is 0 Å². The number of sulfonamides is 1. The Hall–Kier alpha value is -2.96. The van der Waals surface area contributed by atoms with Crippen LogP contribution in [-0.2, 0) is 10.0 Å². The number of nitrogens with one attached hydrogen (secondary N) is 1. The van der Waals surface area contributed by atoms with Crippen molar-refractivity contribution in [3.05, 3.63) is 90.6 Å². The van der Waals surface area contributed by atoms with Crippen molar-refractivity contribution < 1.29 is 8.42 Å². The molecule has 0 atom stereocenters. The maximum Gasteiger partial charge on any atom is 0.261 e. The highest BCUT2D eigenvalue weighted by molar-refractivity contribution is 7.92. The Morgan fingerprint density at radius 2 is 1.48 bits per heavy atom. The van der Waals surface area contributed by atoms with E-state index in [1.807, 2.05) is 60.0 Å². The molecule has 0 fully saturated rings. The zero-order valence-electron chi connectivity index (χ0n) is 14.2. The minimum atomic E-state index is -3.68. The van der Waals surface area contributed by atoms with E-state index >= 15 is 0 Å². The summed E-state index contributed by atoms with van der Waals surface area (Å²) in [7, 11) is -3.68. The summed E-state index contributed by atoms with van der Waals surface area (Å²) in [4.78, 5) is 5.17. The second kappa shape index (κ2) is 7.34. The summed E-state index contributed by atoms with van der Waals surface area (Å²) in [6, 6.07) is 22.2. The zero-order chi connectivity index (χ0) is 18.7. The van der Waals surface area contributed by atoms with Crippen molar-refractivity contribution >= 4 is 27.0 Å². The summed E-state index contributed by atoms with van der Waals surface area (Å²) < 4.78 is 28.3. The first-order valence-corrected chi connectivity index (χ1v) is 10.7. The number of thiophene rings is 1. The van der Waals surface area contributed by atoms with Gasteiger partial charge in [0.25, 0.3) is 10.0 Å². The molecule has 0 aliphatic carbocycles. The van der Waals surface area contributed by atoms with Gasteiger partial charge in [0.15, 0.2) is 0 Å². The lowest BCUT2D eigenvalue weighted by Crippen LogP contribution is -2.12. The van der Waals surface area contributed by atoms with Crippen molar-refractivity contribution in [3.63, 3.8) is 0 Å². The molecule has 0 aliphatic heterocycles. The molecule has 0 bridgehead atoms. The van der Waals surface area contributed by atoms with Crippen molar-refractivity contribution in [1.82, 2.24) is 4.98 Å². The number of benzene rings is 2. The van der Waals surface area contributed by atoms with Gasteiger partial charge >= 0.3 is 0 Å². The average molecular weight is 393 g/mol. The zero-order valence-corrected chi connectivity index (χ0v) is 15.9. The average Bonchev–Trinajstić information content (AvgIpc) is 3.17. The van der Waals surface area contributed by atoms with Gasteiger partial charge in [0.2, 0.25) is 0 Å². The molecule has 0 amide bonds. The number of rotatable bonds is 5. The topological polar surface area (TPSA) is 59.1 Å². The molecular weight excluding hydrogens is 376 g/mol. The van der Waals surface area contributed by atoms with Crippen molar-refractivity contribution in [2.75, 3.05) is 4.72 Å². The molecule has 0 spiro atoms. The van der Waals surface area contributed by atoms with Gasteiger partial charge in [0.1, 0.15) is 0 Å². The van der Waals surface area contributed by atoms with Crippen molar-refractivity contribution in [3.8, 4) is 21.6 Å². The number of hydrogen-bond acceptors (Lipinski definition) is 4. The minimum absolute atomic E-state index is 0.227. The van der Waals surface area contributed by atoms with Gasteiger partial charge in [-0.2, -0.15) is 0 Å². The van der Waals surface area contributed by atoms with Crippen LogP contribution in [0.3, 0.4) is 0 Å². The van der Waals surface area contributed by atoms with Gasteiger partial charge in [-0.15, -0.1) is 11.3 Å². The van der Waals surface area contributed by atoms with Crippen molar-refractivity contribution in [1.29, 1.82) is 0 Å². The quantitative estimate of drug-likeness (QED) is 0.503. The first kappa shape index (κ1) is 17.5. The van der Waals surface area contributed by atoms with Crippen molar-refractivity contribution in [2.45, 2.75) is 4.90 Å². The third-order valence-corrected chi connectivity index (χ3v) is 6.45. The van der Waals surface area contributed by atoms with E-state index in [9.17, 15) is 8.42 Å². The van der Waals surface area contributed by atoms with E-state index < -0.39 is 10.0 Å². The third-order valence-electron chi connectivity index (χ3n) is 4.11. The molecule has 1 N–H and O–H groups in total. The highest BCUT2D eigenvalue weighted by Crippen LogP contribution is 2.34. The van der Waals surface area contributed by atoms with Crippen LogP contribution in [0.15, 0.2) is 95.5 Å². The van der Waals surface area contributed by atoms with Crippen LogP contribution in [0.25, 0.3) is 21.6 Å². The van der Waals surface area contributed by atoms with Crippen molar-refractivity contribution in [2.24, 2.45) is 0 Å². The van der Waals surface area contributed by atoms with Gasteiger partial charge in [-0.25, -0.2) is 8.42 Å². The molecule has 2 heterocycles. The molecule has 0 unspecified atom stereocenters. The molecule has 0 radical (unpaired) electrons. The van der Waals surface area contributed by atoms with E-state index in [1.165, 1.54) is 11.3 Å². The molecule has 0 saturated heterocycles. The summed E-state index contributed by atoms with van der Waals surface area (Å²) >= 11 is 1.47. The summed E-state index contributed by atoms with van der Waals surface area (Å²) in [5.74, 6) is 0. The maximum absolute atomic E-state index is 12.8. The number of pyridine rings is 1. The smallest absolute Gasteiger partial charge is 0.261 e. The molecule has 0 saturated carbocycles. The molecule has 2 aromatic carbocycles. The summed E-state index contributed by atoms with van der Waals surface area (Å²) in [5, 5.41) is 1.86. The van der Waals surface area contributed by atoms with Crippen LogP contribution >= 0.6 is 11.3 Å². The second-order valence-corrected chi connectivity index (χ2v) is 8.50. The molecule has 4 nitrogen and oxygen atoms in total. The molecule has 134 valence electrons. The van der Waals surface area contributed by atoms with Crippen LogP contribution < -0.4 is 4.72 Å². The standard InChI is InChI=1S/C21H16N2O2S2/c24-27(25,19-10-8-17(9-11-19)16-5-2-1-3-6-16)23-20-12-14-26-21(20)18-7-4-13-22-15-18/h1-15,23H. The maximum atomic E-state index is 12.8. The minimum Gasteiger partial charge on any atom is -0.278 e. The normalized spacial score (nSPS) is 11.3. The van der Waals surface area contributed by atoms with E-state index in [0.29, 0.717) is 5.69 Å². The molecule has 6 heteroatoms. The second-order valence-electron chi connectivity index (χ2n) is 5.90. The number of aromatic nitrogens is 1. The van der Waals surface area contributed by atoms with Crippen LogP contribution in [-0.4, -0.2) is 13.4 Å². The predicted octanol–water partition coefficient (Wildman–Crippen LogP) is 5.28. The Morgan fingerprint density at radius 3 is 2.19 bits per heavy atom. The highest BCUT2D eigenvalue weighted by atomic mass is 32.2. The van der Waals surface area contributed by atoms with Crippen LogP contribution in [0, 0.1) is 0 Å². The van der Waals surface area contributed by atoms with Gasteiger partial charge in [0, 0.05) is 18.0 Å². The largest absolute Gasteiger partial charge is 0.278 e. The summed E-state index contributed by atoms with van der Waals surface area (Å²) in [6.07, 6.45) is 3.41. The lowest BCUT2D eigenvalue weighted by molar-refractivity contribution is 0.601. The monoisotopic (exact) mass is 392 g/mol. The fourth-order valence-corrected chi connectivity index (χ4v) is 4.75. The Balaban J connectivity index is 1.61. The summed E-state index contributed by atoms with van der Waals surface area (Å²) in [5.41, 5.74) is 3.46. The molecule has 2 aromatic heterocycles. The van der Waals surface area contributed by atoms with Gasteiger partial charge in [-0.05, 0) is 40.8 Å². The van der Waals surface area contributed by atoms with Gasteiger partial charge < -0.3 is 0 Å². The predicted molar refractivity (Wildman–Crippen MR) is 110 cm³/mol. The Bertz CT molecular complexity index is 1140. The lowest BCUT2D eigenvalue weighted by Gasteiger charge is -2.10. The van der Waals surface area contributed by atoms with Gasteiger partial charge in [-0.1, -0.05) is 48.5 Å². The van der Waals surface area contributed by atoms with E-state index in [2.05, 4.69) is 9.71 Å². The molecule has 4 aromatic rings. The molecule has 0 aliphatic rings.